The molecule has 1 aromatic rings. The number of hydrogen-bond donors (Lipinski definition) is 1. The van der Waals surface area contributed by atoms with Crippen molar-refractivity contribution in [3.8, 4) is 5.75 Å². The highest BCUT2D eigenvalue weighted by Gasteiger charge is 2.39. The molecule has 0 saturated heterocycles. The van der Waals surface area contributed by atoms with Crippen molar-refractivity contribution < 1.29 is 13.5 Å². The van der Waals surface area contributed by atoms with Crippen molar-refractivity contribution in [1.29, 1.82) is 0 Å². The number of fused-ring (bicyclic) bond motifs is 1. The Hall–Kier alpha value is -1.58. The van der Waals surface area contributed by atoms with Gasteiger partial charge in [0.1, 0.15) is 5.75 Å². The maximum Gasteiger partial charge on any atom is 0.402 e. The van der Waals surface area contributed by atoms with Gasteiger partial charge in [0.05, 0.1) is 12.5 Å². The molecular formula is C13H15F2NO. The van der Waals surface area contributed by atoms with Crippen LogP contribution in [0.3, 0.4) is 0 Å². The minimum absolute atomic E-state index is 0.104. The fourth-order valence-electron chi connectivity index (χ4n) is 2.06. The summed E-state index contributed by atoms with van der Waals surface area (Å²) in [5, 5.41) is 3.10. The predicted octanol–water partition coefficient (Wildman–Crippen LogP) is 3.40. The fraction of sp³-hybridized carbons (Fsp3) is 0.385. The number of ether oxygens (including phenoxy) is 1. The summed E-state index contributed by atoms with van der Waals surface area (Å²) in [6.07, 6.45) is -0.927. The molecule has 1 N–H and O–H groups in total. The molecule has 0 bridgehead atoms. The number of halogens is 2. The molecule has 1 aromatic carbocycles. The van der Waals surface area contributed by atoms with Gasteiger partial charge in [-0.05, 0) is 30.3 Å². The molecule has 1 aliphatic rings. The van der Waals surface area contributed by atoms with Crippen molar-refractivity contribution in [1.82, 2.24) is 5.32 Å². The first-order chi connectivity index (χ1) is 8.05. The van der Waals surface area contributed by atoms with Gasteiger partial charge in [0, 0.05) is 5.56 Å². The zero-order chi connectivity index (χ0) is 12.5. The van der Waals surface area contributed by atoms with E-state index in [2.05, 4.69) is 16.6 Å². The molecule has 1 unspecified atom stereocenters. The second kappa shape index (κ2) is 4.35. The number of hydrogen-bond acceptors (Lipinski definition) is 2. The minimum atomic E-state index is -3.06. The molecule has 2 nitrogen and oxygen atoms in total. The average Bonchev–Trinajstić information content (AvgIpc) is 2.58. The zero-order valence-electron chi connectivity index (χ0n) is 9.67. The lowest BCUT2D eigenvalue weighted by atomic mass is 10.0. The van der Waals surface area contributed by atoms with Gasteiger partial charge in [-0.2, -0.15) is 8.78 Å². The van der Waals surface area contributed by atoms with E-state index >= 15 is 0 Å². The Labute approximate surface area is 99.3 Å². The van der Waals surface area contributed by atoms with E-state index in [0.717, 1.165) is 12.0 Å². The second-order valence-electron chi connectivity index (χ2n) is 4.11. The van der Waals surface area contributed by atoms with Crippen LogP contribution in [-0.2, 0) is 6.42 Å². The van der Waals surface area contributed by atoms with Gasteiger partial charge < -0.3 is 10.1 Å². The molecule has 0 amide bonds. The molecule has 0 fully saturated rings. The summed E-state index contributed by atoms with van der Waals surface area (Å²) in [5.41, 5.74) is 1.55. The summed E-state index contributed by atoms with van der Waals surface area (Å²) in [6, 6.07) is 5.30. The molecule has 0 radical (unpaired) electrons. The van der Waals surface area contributed by atoms with Crippen LogP contribution in [0.25, 0.3) is 0 Å². The molecule has 0 spiro atoms. The van der Waals surface area contributed by atoms with E-state index in [0.29, 0.717) is 5.56 Å². The van der Waals surface area contributed by atoms with Crippen molar-refractivity contribution in [3.05, 3.63) is 42.1 Å². The Kier molecular flexibility index (Phi) is 3.05. The lowest BCUT2D eigenvalue weighted by Crippen LogP contribution is -2.20. The third-order valence-electron chi connectivity index (χ3n) is 2.87. The lowest BCUT2D eigenvalue weighted by molar-refractivity contribution is -0.159. The van der Waals surface area contributed by atoms with Gasteiger partial charge in [-0.1, -0.05) is 19.6 Å². The van der Waals surface area contributed by atoms with Crippen molar-refractivity contribution in [2.45, 2.75) is 31.9 Å². The van der Waals surface area contributed by atoms with Crippen molar-refractivity contribution >= 4 is 0 Å². The van der Waals surface area contributed by atoms with Gasteiger partial charge in [0.2, 0.25) is 0 Å². The number of rotatable bonds is 4. The lowest BCUT2D eigenvalue weighted by Gasteiger charge is -2.16. The summed E-state index contributed by atoms with van der Waals surface area (Å²) < 4.78 is 30.6. The summed E-state index contributed by atoms with van der Waals surface area (Å²) in [6.45, 7) is 5.64. The van der Waals surface area contributed by atoms with Crippen LogP contribution < -0.4 is 10.1 Å². The predicted molar refractivity (Wildman–Crippen MR) is 62.1 cm³/mol. The third-order valence-corrected chi connectivity index (χ3v) is 2.87. The molecule has 17 heavy (non-hydrogen) atoms. The highest BCUT2D eigenvalue weighted by atomic mass is 19.3. The minimum Gasteiger partial charge on any atom is -0.432 e. The topological polar surface area (TPSA) is 21.3 Å². The first kappa shape index (κ1) is 11.9. The van der Waals surface area contributed by atoms with E-state index in [1.807, 2.05) is 13.0 Å². The van der Waals surface area contributed by atoms with E-state index in [-0.39, 0.29) is 18.2 Å². The molecule has 1 atom stereocenters. The molecule has 92 valence electrons. The Balaban J connectivity index is 2.26. The quantitative estimate of drug-likeness (QED) is 0.869. The zero-order valence-corrected chi connectivity index (χ0v) is 9.67. The molecule has 2 rings (SSSR count). The van der Waals surface area contributed by atoms with E-state index in [9.17, 15) is 8.78 Å². The standard InChI is InChI=1S/C13H15F2NO/c1-3-11(16-4-2)9-5-6-12-10(7-9)8-13(14,15)17-12/h4-7,11,16H,2-3,8H2,1H3. The van der Waals surface area contributed by atoms with Gasteiger partial charge in [-0.3, -0.25) is 0 Å². The van der Waals surface area contributed by atoms with Crippen LogP contribution in [0.5, 0.6) is 5.75 Å². The Morgan fingerprint density at radius 2 is 2.35 bits per heavy atom. The maximum absolute atomic E-state index is 13.0. The van der Waals surface area contributed by atoms with Crippen molar-refractivity contribution in [2.24, 2.45) is 0 Å². The van der Waals surface area contributed by atoms with E-state index in [1.165, 1.54) is 0 Å². The van der Waals surface area contributed by atoms with Crippen LogP contribution >= 0.6 is 0 Å². The second-order valence-corrected chi connectivity index (χ2v) is 4.11. The van der Waals surface area contributed by atoms with Crippen LogP contribution in [0.2, 0.25) is 0 Å². The van der Waals surface area contributed by atoms with Crippen LogP contribution in [0.1, 0.15) is 30.5 Å². The normalized spacial score (nSPS) is 18.1. The van der Waals surface area contributed by atoms with Gasteiger partial charge in [-0.15, -0.1) is 0 Å². The SMILES string of the molecule is C=CNC(CC)c1ccc2c(c1)CC(F)(F)O2. The third kappa shape index (κ3) is 2.40. The monoisotopic (exact) mass is 239 g/mol. The highest BCUT2D eigenvalue weighted by Crippen LogP contribution is 2.38. The molecule has 0 aliphatic carbocycles. The largest absolute Gasteiger partial charge is 0.432 e. The average molecular weight is 239 g/mol. The first-order valence-electron chi connectivity index (χ1n) is 5.62. The van der Waals surface area contributed by atoms with Crippen molar-refractivity contribution in [2.75, 3.05) is 0 Å². The van der Waals surface area contributed by atoms with E-state index in [1.54, 1.807) is 18.3 Å². The molecular weight excluding hydrogens is 224 g/mol. The first-order valence-corrected chi connectivity index (χ1v) is 5.62. The van der Waals surface area contributed by atoms with Gasteiger partial charge >= 0.3 is 6.11 Å². The van der Waals surface area contributed by atoms with E-state index in [4.69, 9.17) is 0 Å². The van der Waals surface area contributed by atoms with Crippen LogP contribution in [0, 0.1) is 0 Å². The van der Waals surface area contributed by atoms with Gasteiger partial charge in [0.25, 0.3) is 0 Å². The molecule has 1 heterocycles. The molecule has 4 heteroatoms. The smallest absolute Gasteiger partial charge is 0.402 e. The summed E-state index contributed by atoms with van der Waals surface area (Å²) in [5.74, 6) is 0.284. The fourth-order valence-corrected chi connectivity index (χ4v) is 2.06. The number of nitrogens with one attached hydrogen (secondary N) is 1. The van der Waals surface area contributed by atoms with Gasteiger partial charge in [0.15, 0.2) is 0 Å². The molecule has 0 saturated carbocycles. The number of benzene rings is 1. The maximum atomic E-state index is 13.0. The molecule has 1 aliphatic heterocycles. The summed E-state index contributed by atoms with van der Waals surface area (Å²) in [4.78, 5) is 0. The van der Waals surface area contributed by atoms with Crippen LogP contribution in [0.4, 0.5) is 8.78 Å². The summed E-state index contributed by atoms with van der Waals surface area (Å²) in [7, 11) is 0. The Bertz CT molecular complexity index is 431. The highest BCUT2D eigenvalue weighted by molar-refractivity contribution is 5.41. The number of alkyl halides is 2. The van der Waals surface area contributed by atoms with E-state index < -0.39 is 6.11 Å². The van der Waals surface area contributed by atoms with Gasteiger partial charge in [-0.25, -0.2) is 0 Å². The Morgan fingerprint density at radius 1 is 1.59 bits per heavy atom. The van der Waals surface area contributed by atoms with Crippen LogP contribution in [-0.4, -0.2) is 6.11 Å². The summed E-state index contributed by atoms with van der Waals surface area (Å²) >= 11 is 0. The van der Waals surface area contributed by atoms with Crippen LogP contribution in [0.15, 0.2) is 31.0 Å². The molecule has 0 aromatic heterocycles. The Morgan fingerprint density at radius 3 is 3.00 bits per heavy atom. The van der Waals surface area contributed by atoms with Crippen molar-refractivity contribution in [3.63, 3.8) is 0 Å².